The topological polar surface area (TPSA) is 61.8 Å². The molecule has 0 aromatic heterocycles. The summed E-state index contributed by atoms with van der Waals surface area (Å²) in [7, 11) is 0. The highest BCUT2D eigenvalue weighted by Gasteiger charge is 2.60. The highest BCUT2D eigenvalue weighted by molar-refractivity contribution is 9.10. The summed E-state index contributed by atoms with van der Waals surface area (Å²) in [4.78, 5) is 23.7. The molecule has 0 amide bonds. The molecule has 0 saturated carbocycles. The van der Waals surface area contributed by atoms with Crippen molar-refractivity contribution in [2.24, 2.45) is 0 Å². The van der Waals surface area contributed by atoms with Crippen LogP contribution in [0.2, 0.25) is 0 Å². The van der Waals surface area contributed by atoms with Gasteiger partial charge in [-0.15, -0.1) is 0 Å². The molecule has 3 rings (SSSR count). The fourth-order valence-corrected chi connectivity index (χ4v) is 3.17. The molecule has 0 bridgehead atoms. The second kappa shape index (κ2) is 5.42. The van der Waals surface area contributed by atoms with Crippen LogP contribution in [0, 0.1) is 0 Å². The lowest BCUT2D eigenvalue weighted by molar-refractivity contribution is -0.157. The third kappa shape index (κ3) is 2.46. The predicted molar refractivity (Wildman–Crippen MR) is 76.8 cm³/mol. The fraction of sp³-hybridized carbons (Fsp3) is 0.467. The third-order valence-corrected chi connectivity index (χ3v) is 4.61. The Balaban J connectivity index is 1.77. The summed E-state index contributed by atoms with van der Waals surface area (Å²) in [6.45, 7) is 2.16. The lowest BCUT2D eigenvalue weighted by atomic mass is 9.90. The number of ether oxygens (including phenoxy) is 3. The molecule has 2 aliphatic heterocycles. The smallest absolute Gasteiger partial charge is 0.338 e. The average Bonchev–Trinajstić information content (AvgIpc) is 2.95. The van der Waals surface area contributed by atoms with Gasteiger partial charge >= 0.3 is 11.9 Å². The molecule has 1 aromatic rings. The summed E-state index contributed by atoms with van der Waals surface area (Å²) < 4.78 is 17.4. The van der Waals surface area contributed by atoms with Gasteiger partial charge in [0.2, 0.25) is 0 Å². The van der Waals surface area contributed by atoms with E-state index in [4.69, 9.17) is 14.2 Å². The Labute approximate surface area is 130 Å². The number of carbonyl (C=O) groups is 2. The molecule has 21 heavy (non-hydrogen) atoms. The molecule has 2 fully saturated rings. The van der Waals surface area contributed by atoms with Crippen molar-refractivity contribution in [2.45, 2.75) is 37.6 Å². The van der Waals surface area contributed by atoms with E-state index in [-0.39, 0.29) is 25.1 Å². The van der Waals surface area contributed by atoms with Gasteiger partial charge in [-0.3, -0.25) is 4.79 Å². The van der Waals surface area contributed by atoms with Crippen molar-refractivity contribution in [3.8, 4) is 0 Å². The number of benzene rings is 1. The summed E-state index contributed by atoms with van der Waals surface area (Å²) in [6, 6.07) is 6.91. The largest absolute Gasteiger partial charge is 0.452 e. The Hall–Kier alpha value is -1.40. The molecule has 2 aliphatic rings. The lowest BCUT2D eigenvalue weighted by Crippen LogP contribution is -2.46. The zero-order valence-corrected chi connectivity index (χ0v) is 13.1. The van der Waals surface area contributed by atoms with Crippen molar-refractivity contribution in [1.82, 2.24) is 0 Å². The quantitative estimate of drug-likeness (QED) is 0.780. The SMILES string of the molecule is CC[C@]12OC(=O)C[C@H]1OC[C@H]2OC(=O)c1ccc(Br)cc1. The van der Waals surface area contributed by atoms with Gasteiger partial charge in [0.1, 0.15) is 6.10 Å². The Kier molecular flexibility index (Phi) is 3.75. The molecule has 0 unspecified atom stereocenters. The molecular formula is C15H15BrO5. The number of hydrogen-bond acceptors (Lipinski definition) is 5. The van der Waals surface area contributed by atoms with E-state index in [0.717, 1.165) is 4.47 Å². The van der Waals surface area contributed by atoms with Gasteiger partial charge in [0.25, 0.3) is 0 Å². The monoisotopic (exact) mass is 354 g/mol. The number of rotatable bonds is 3. The van der Waals surface area contributed by atoms with Crippen molar-refractivity contribution in [3.63, 3.8) is 0 Å². The standard InChI is InChI=1S/C15H15BrO5/c1-2-15-11(7-13(17)21-15)19-8-12(15)20-14(18)9-3-5-10(16)6-4-9/h3-6,11-12H,2,7-8H2,1H3/t11-,12-,15+/m1/s1. The Bertz CT molecular complexity index is 570. The van der Waals surface area contributed by atoms with Gasteiger partial charge in [0, 0.05) is 4.47 Å². The van der Waals surface area contributed by atoms with Crippen molar-refractivity contribution in [1.29, 1.82) is 0 Å². The van der Waals surface area contributed by atoms with Gasteiger partial charge in [-0.1, -0.05) is 22.9 Å². The van der Waals surface area contributed by atoms with E-state index < -0.39 is 17.7 Å². The summed E-state index contributed by atoms with van der Waals surface area (Å²) in [5.41, 5.74) is -0.375. The maximum absolute atomic E-state index is 12.2. The molecule has 112 valence electrons. The molecule has 0 N–H and O–H groups in total. The van der Waals surface area contributed by atoms with E-state index in [2.05, 4.69) is 15.9 Å². The van der Waals surface area contributed by atoms with Gasteiger partial charge in [0.05, 0.1) is 18.6 Å². The maximum atomic E-state index is 12.2. The Morgan fingerprint density at radius 3 is 2.81 bits per heavy atom. The predicted octanol–water partition coefficient (Wildman–Crippen LogP) is 2.47. The molecule has 0 radical (unpaired) electrons. The van der Waals surface area contributed by atoms with Crippen molar-refractivity contribution in [2.75, 3.05) is 6.61 Å². The molecule has 2 heterocycles. The van der Waals surface area contributed by atoms with Gasteiger partial charge in [-0.25, -0.2) is 4.79 Å². The van der Waals surface area contributed by atoms with Crippen molar-refractivity contribution in [3.05, 3.63) is 34.3 Å². The van der Waals surface area contributed by atoms with E-state index >= 15 is 0 Å². The molecule has 0 aliphatic carbocycles. The van der Waals surface area contributed by atoms with Crippen LogP contribution in [0.15, 0.2) is 28.7 Å². The number of hydrogen-bond donors (Lipinski definition) is 0. The first-order chi connectivity index (χ1) is 10.0. The minimum Gasteiger partial charge on any atom is -0.452 e. The van der Waals surface area contributed by atoms with Crippen LogP contribution >= 0.6 is 15.9 Å². The summed E-state index contributed by atoms with van der Waals surface area (Å²) in [5, 5.41) is 0. The minimum atomic E-state index is -0.831. The first kappa shape index (κ1) is 14.5. The van der Waals surface area contributed by atoms with Gasteiger partial charge < -0.3 is 14.2 Å². The van der Waals surface area contributed by atoms with Gasteiger partial charge in [0.15, 0.2) is 11.7 Å². The van der Waals surface area contributed by atoms with Crippen LogP contribution in [0.5, 0.6) is 0 Å². The van der Waals surface area contributed by atoms with Gasteiger partial charge in [-0.05, 0) is 30.7 Å². The van der Waals surface area contributed by atoms with Crippen LogP contribution < -0.4 is 0 Å². The van der Waals surface area contributed by atoms with E-state index in [1.807, 2.05) is 6.92 Å². The highest BCUT2D eigenvalue weighted by atomic mass is 79.9. The second-order valence-corrected chi connectivity index (χ2v) is 6.13. The molecule has 6 heteroatoms. The second-order valence-electron chi connectivity index (χ2n) is 5.21. The lowest BCUT2D eigenvalue weighted by Gasteiger charge is -2.30. The summed E-state index contributed by atoms with van der Waals surface area (Å²) in [6.07, 6.45) is -0.102. The first-order valence-corrected chi connectivity index (χ1v) is 7.64. The maximum Gasteiger partial charge on any atom is 0.338 e. The summed E-state index contributed by atoms with van der Waals surface area (Å²) in [5.74, 6) is -0.737. The van der Waals surface area contributed by atoms with Crippen molar-refractivity contribution < 1.29 is 23.8 Å². The Morgan fingerprint density at radius 2 is 2.14 bits per heavy atom. The van der Waals surface area contributed by atoms with Gasteiger partial charge in [-0.2, -0.15) is 0 Å². The third-order valence-electron chi connectivity index (χ3n) is 4.08. The zero-order valence-electron chi connectivity index (χ0n) is 11.5. The number of fused-ring (bicyclic) bond motifs is 1. The van der Waals surface area contributed by atoms with Crippen LogP contribution in [0.3, 0.4) is 0 Å². The van der Waals surface area contributed by atoms with Crippen LogP contribution in [-0.2, 0) is 19.0 Å². The zero-order chi connectivity index (χ0) is 15.0. The van der Waals surface area contributed by atoms with Crippen LogP contribution in [0.25, 0.3) is 0 Å². The molecule has 2 saturated heterocycles. The fourth-order valence-electron chi connectivity index (χ4n) is 2.91. The number of esters is 2. The first-order valence-electron chi connectivity index (χ1n) is 6.85. The van der Waals surface area contributed by atoms with Crippen LogP contribution in [0.4, 0.5) is 0 Å². The van der Waals surface area contributed by atoms with E-state index in [9.17, 15) is 9.59 Å². The minimum absolute atomic E-state index is 0.222. The molecular weight excluding hydrogens is 340 g/mol. The number of carbonyl (C=O) groups excluding carboxylic acids is 2. The average molecular weight is 355 g/mol. The van der Waals surface area contributed by atoms with Crippen LogP contribution in [-0.4, -0.2) is 36.4 Å². The molecule has 0 spiro atoms. The Morgan fingerprint density at radius 1 is 1.43 bits per heavy atom. The molecule has 3 atom stereocenters. The summed E-state index contributed by atoms with van der Waals surface area (Å²) >= 11 is 3.32. The van der Waals surface area contributed by atoms with E-state index in [1.54, 1.807) is 24.3 Å². The highest BCUT2D eigenvalue weighted by Crippen LogP contribution is 2.42. The van der Waals surface area contributed by atoms with Crippen molar-refractivity contribution >= 4 is 27.9 Å². The number of halogens is 1. The molecule has 5 nitrogen and oxygen atoms in total. The molecule has 1 aromatic carbocycles. The normalized spacial score (nSPS) is 30.9. The van der Waals surface area contributed by atoms with E-state index in [0.29, 0.717) is 12.0 Å². The van der Waals surface area contributed by atoms with E-state index in [1.165, 1.54) is 0 Å². The van der Waals surface area contributed by atoms with Crippen LogP contribution in [0.1, 0.15) is 30.1 Å².